The Kier molecular flexibility index (Phi) is 6.59. The lowest BCUT2D eigenvalue weighted by atomic mass is 10.1. The molecule has 1 amide bonds. The first-order valence-corrected chi connectivity index (χ1v) is 10.5. The summed E-state index contributed by atoms with van der Waals surface area (Å²) in [6.07, 6.45) is 1.30. The Labute approximate surface area is 195 Å². The smallest absolute Gasteiger partial charge is 0.274 e. The minimum atomic E-state index is -0.485. The lowest BCUT2D eigenvalue weighted by Crippen LogP contribution is -2.23. The zero-order valence-corrected chi connectivity index (χ0v) is 18.7. The standard InChI is InChI=1S/C26H23N3O5/c1-33-19-9-6-17(7-10-19)24(30)14-23-26(32)29-22-13-18(8-11-21(22)28-23)25(31)27-15-16-4-3-5-20(12-16)34-2/h3-14,30H,15H2,1-2H3,(H,27,31)(H,29,32). The summed E-state index contributed by atoms with van der Waals surface area (Å²) in [5.41, 5.74) is 2.27. The van der Waals surface area contributed by atoms with Crippen LogP contribution in [0.2, 0.25) is 0 Å². The van der Waals surface area contributed by atoms with Crippen molar-refractivity contribution in [1.29, 1.82) is 0 Å². The summed E-state index contributed by atoms with van der Waals surface area (Å²) in [7, 11) is 3.14. The first kappa shape index (κ1) is 22.6. The van der Waals surface area contributed by atoms with Crippen LogP contribution in [-0.4, -0.2) is 35.2 Å². The summed E-state index contributed by atoms with van der Waals surface area (Å²) >= 11 is 0. The summed E-state index contributed by atoms with van der Waals surface area (Å²) < 4.78 is 10.3. The van der Waals surface area contributed by atoms with E-state index in [1.807, 2.05) is 24.3 Å². The van der Waals surface area contributed by atoms with Gasteiger partial charge in [-0.1, -0.05) is 12.1 Å². The number of ether oxygens (including phenoxy) is 2. The molecule has 3 N–H and O–H groups in total. The van der Waals surface area contributed by atoms with Crippen LogP contribution < -0.4 is 20.3 Å². The van der Waals surface area contributed by atoms with Crippen molar-refractivity contribution in [3.05, 3.63) is 99.5 Å². The molecule has 0 bridgehead atoms. The van der Waals surface area contributed by atoms with Gasteiger partial charge in [-0.25, -0.2) is 4.98 Å². The summed E-state index contributed by atoms with van der Waals surface area (Å²) in [4.78, 5) is 32.2. The summed E-state index contributed by atoms with van der Waals surface area (Å²) in [5.74, 6) is 0.978. The quantitative estimate of drug-likeness (QED) is 0.363. The van der Waals surface area contributed by atoms with Gasteiger partial charge < -0.3 is 24.9 Å². The van der Waals surface area contributed by atoms with Crippen LogP contribution in [0, 0.1) is 0 Å². The lowest BCUT2D eigenvalue weighted by molar-refractivity contribution is 0.0951. The van der Waals surface area contributed by atoms with E-state index in [1.165, 1.54) is 6.08 Å². The number of methoxy groups -OCH3 is 2. The second kappa shape index (κ2) is 9.91. The number of aromatic amines is 1. The van der Waals surface area contributed by atoms with Gasteiger partial charge in [0, 0.05) is 23.7 Å². The molecular weight excluding hydrogens is 434 g/mol. The number of rotatable bonds is 7. The number of aromatic nitrogens is 2. The fourth-order valence-corrected chi connectivity index (χ4v) is 3.38. The number of nitrogens with one attached hydrogen (secondary N) is 2. The van der Waals surface area contributed by atoms with E-state index < -0.39 is 5.56 Å². The van der Waals surface area contributed by atoms with Crippen LogP contribution in [0.1, 0.15) is 27.2 Å². The maximum Gasteiger partial charge on any atom is 0.274 e. The highest BCUT2D eigenvalue weighted by Crippen LogP contribution is 2.19. The van der Waals surface area contributed by atoms with Gasteiger partial charge in [0.05, 0.1) is 25.3 Å². The van der Waals surface area contributed by atoms with Gasteiger partial charge in [-0.3, -0.25) is 9.59 Å². The average molecular weight is 457 g/mol. The topological polar surface area (TPSA) is 114 Å². The van der Waals surface area contributed by atoms with Gasteiger partial charge in [0.1, 0.15) is 23.0 Å². The monoisotopic (exact) mass is 457 g/mol. The molecule has 34 heavy (non-hydrogen) atoms. The number of aliphatic hydroxyl groups excluding tert-OH is 1. The van der Waals surface area contributed by atoms with Gasteiger partial charge >= 0.3 is 0 Å². The Bertz CT molecular complexity index is 1420. The molecule has 8 heteroatoms. The Hall–Kier alpha value is -4.59. The molecule has 172 valence electrons. The molecule has 8 nitrogen and oxygen atoms in total. The van der Waals surface area contributed by atoms with E-state index in [2.05, 4.69) is 15.3 Å². The van der Waals surface area contributed by atoms with E-state index in [0.29, 0.717) is 40.2 Å². The minimum absolute atomic E-state index is 0.0519. The summed E-state index contributed by atoms with van der Waals surface area (Å²) in [6, 6.07) is 19.0. The average Bonchev–Trinajstić information content (AvgIpc) is 2.87. The maximum atomic E-state index is 12.6. The molecule has 0 aliphatic rings. The van der Waals surface area contributed by atoms with Crippen LogP contribution in [0.5, 0.6) is 11.5 Å². The molecule has 0 saturated heterocycles. The van der Waals surface area contributed by atoms with Crippen molar-refractivity contribution in [2.24, 2.45) is 0 Å². The van der Waals surface area contributed by atoms with Crippen molar-refractivity contribution in [3.63, 3.8) is 0 Å². The highest BCUT2D eigenvalue weighted by Gasteiger charge is 2.10. The molecule has 4 aromatic rings. The largest absolute Gasteiger partial charge is 0.507 e. The third kappa shape index (κ3) is 5.07. The molecule has 3 aromatic carbocycles. The molecule has 0 atom stereocenters. The van der Waals surface area contributed by atoms with Crippen molar-refractivity contribution in [3.8, 4) is 11.5 Å². The number of benzene rings is 3. The molecule has 0 radical (unpaired) electrons. The van der Waals surface area contributed by atoms with Crippen molar-refractivity contribution in [2.75, 3.05) is 14.2 Å². The molecule has 0 aliphatic carbocycles. The SMILES string of the molecule is COc1ccc(C(O)=Cc2nc3ccc(C(=O)NCc4cccc(OC)c4)cc3[nH]c2=O)cc1. The number of amides is 1. The molecule has 0 fully saturated rings. The fraction of sp³-hybridized carbons (Fsp3) is 0.115. The van der Waals surface area contributed by atoms with Gasteiger partial charge in [-0.2, -0.15) is 0 Å². The second-order valence-corrected chi connectivity index (χ2v) is 7.48. The van der Waals surface area contributed by atoms with Crippen molar-refractivity contribution < 1.29 is 19.4 Å². The number of H-pyrrole nitrogens is 1. The first-order valence-electron chi connectivity index (χ1n) is 10.5. The predicted molar refractivity (Wildman–Crippen MR) is 130 cm³/mol. The molecule has 0 unspecified atom stereocenters. The number of carbonyl (C=O) groups is 1. The lowest BCUT2D eigenvalue weighted by Gasteiger charge is -2.08. The Morgan fingerprint density at radius 2 is 1.74 bits per heavy atom. The molecule has 0 aliphatic heterocycles. The number of carbonyl (C=O) groups excluding carboxylic acids is 1. The molecule has 4 rings (SSSR count). The third-order valence-corrected chi connectivity index (χ3v) is 5.23. The van der Waals surface area contributed by atoms with Crippen molar-refractivity contribution in [1.82, 2.24) is 15.3 Å². The van der Waals surface area contributed by atoms with Crippen LogP contribution in [0.3, 0.4) is 0 Å². The molecule has 0 spiro atoms. The Balaban J connectivity index is 1.53. The second-order valence-electron chi connectivity index (χ2n) is 7.48. The minimum Gasteiger partial charge on any atom is -0.507 e. The van der Waals surface area contributed by atoms with E-state index in [9.17, 15) is 14.7 Å². The van der Waals surface area contributed by atoms with E-state index in [1.54, 1.807) is 56.7 Å². The zero-order chi connectivity index (χ0) is 24.1. The normalized spacial score (nSPS) is 11.3. The molecule has 1 heterocycles. The highest BCUT2D eigenvalue weighted by molar-refractivity contribution is 5.97. The number of hydrogen-bond donors (Lipinski definition) is 3. The predicted octanol–water partition coefficient (Wildman–Crippen LogP) is 3.93. The molecule has 1 aromatic heterocycles. The number of fused-ring (bicyclic) bond motifs is 1. The zero-order valence-electron chi connectivity index (χ0n) is 18.7. The van der Waals surface area contributed by atoms with Crippen LogP contribution >= 0.6 is 0 Å². The van der Waals surface area contributed by atoms with Gasteiger partial charge in [0.2, 0.25) is 0 Å². The highest BCUT2D eigenvalue weighted by atomic mass is 16.5. The Morgan fingerprint density at radius 3 is 2.47 bits per heavy atom. The van der Waals surface area contributed by atoms with Crippen LogP contribution in [0.25, 0.3) is 22.9 Å². The van der Waals surface area contributed by atoms with E-state index in [-0.39, 0.29) is 17.4 Å². The van der Waals surface area contributed by atoms with Crippen molar-refractivity contribution in [2.45, 2.75) is 6.54 Å². The van der Waals surface area contributed by atoms with Gasteiger partial charge in [0.25, 0.3) is 11.5 Å². The maximum absolute atomic E-state index is 12.6. The summed E-state index contributed by atoms with van der Waals surface area (Å²) in [5, 5.41) is 13.3. The van der Waals surface area contributed by atoms with Crippen molar-refractivity contribution >= 4 is 28.8 Å². The van der Waals surface area contributed by atoms with E-state index in [4.69, 9.17) is 9.47 Å². The van der Waals surface area contributed by atoms with E-state index >= 15 is 0 Å². The number of aliphatic hydroxyl groups is 1. The third-order valence-electron chi connectivity index (χ3n) is 5.23. The first-order chi connectivity index (χ1) is 16.5. The van der Waals surface area contributed by atoms with Gasteiger partial charge in [-0.15, -0.1) is 0 Å². The van der Waals surface area contributed by atoms with Crippen LogP contribution in [0.4, 0.5) is 0 Å². The van der Waals surface area contributed by atoms with E-state index in [0.717, 1.165) is 5.56 Å². The van der Waals surface area contributed by atoms with Gasteiger partial charge in [0.15, 0.2) is 0 Å². The van der Waals surface area contributed by atoms with Gasteiger partial charge in [-0.05, 0) is 60.2 Å². The van der Waals surface area contributed by atoms with Crippen LogP contribution in [0.15, 0.2) is 71.5 Å². The fourth-order valence-electron chi connectivity index (χ4n) is 3.38. The van der Waals surface area contributed by atoms with Crippen LogP contribution in [-0.2, 0) is 6.54 Å². The number of nitrogens with zero attached hydrogens (tertiary/aromatic N) is 1. The Morgan fingerprint density at radius 1 is 1.00 bits per heavy atom. The molecule has 0 saturated carbocycles. The molecular formula is C26H23N3O5. The number of hydrogen-bond acceptors (Lipinski definition) is 6. The summed E-state index contributed by atoms with van der Waals surface area (Å²) in [6.45, 7) is 0.331.